The van der Waals surface area contributed by atoms with Crippen molar-refractivity contribution in [2.75, 3.05) is 0 Å². The topological polar surface area (TPSA) is 63.2 Å². The maximum atomic E-state index is 13.0. The van der Waals surface area contributed by atoms with E-state index in [1.54, 1.807) is 0 Å². The third-order valence-corrected chi connectivity index (χ3v) is 6.34. The molecule has 1 amide bonds. The van der Waals surface area contributed by atoms with Gasteiger partial charge in [-0.05, 0) is 25.7 Å². The Morgan fingerprint density at radius 2 is 1.48 bits per heavy atom. The first-order valence-corrected chi connectivity index (χ1v) is 8.88. The summed E-state index contributed by atoms with van der Waals surface area (Å²) in [4.78, 5) is 12.0. The van der Waals surface area contributed by atoms with E-state index < -0.39 is 39.2 Å². The van der Waals surface area contributed by atoms with E-state index in [4.69, 9.17) is 0 Å². The van der Waals surface area contributed by atoms with Gasteiger partial charge in [0.2, 0.25) is 15.9 Å². The number of rotatable bonds is 3. The van der Waals surface area contributed by atoms with Crippen molar-refractivity contribution < 1.29 is 26.4 Å². The maximum absolute atomic E-state index is 13.0. The van der Waals surface area contributed by atoms with Crippen LogP contribution in [0.2, 0.25) is 0 Å². The van der Waals surface area contributed by atoms with Crippen molar-refractivity contribution >= 4 is 15.9 Å². The number of halogens is 3. The number of carbonyl (C=O) groups excluding carboxylic acids is 1. The van der Waals surface area contributed by atoms with E-state index in [2.05, 4.69) is 0 Å². The molecule has 0 radical (unpaired) electrons. The first-order chi connectivity index (χ1) is 9.72. The molecule has 0 saturated heterocycles. The van der Waals surface area contributed by atoms with E-state index >= 15 is 0 Å². The standard InChI is InChI=1S/C13H20F3NO3S/c14-13(15,16)11-8-4-3-7-10(11)12(18)17-21(19,20)9-5-1-2-6-9/h9-11H,1-8H2,(H,17,18)/t10-,11-/m1/s1. The van der Waals surface area contributed by atoms with Gasteiger partial charge in [-0.2, -0.15) is 13.2 Å². The van der Waals surface area contributed by atoms with Crippen LogP contribution in [0.25, 0.3) is 0 Å². The van der Waals surface area contributed by atoms with Gasteiger partial charge in [-0.1, -0.05) is 25.7 Å². The van der Waals surface area contributed by atoms with Gasteiger partial charge in [0.1, 0.15) is 0 Å². The van der Waals surface area contributed by atoms with Gasteiger partial charge in [0.05, 0.1) is 17.1 Å². The fourth-order valence-corrected chi connectivity index (χ4v) is 4.89. The van der Waals surface area contributed by atoms with Crippen LogP contribution in [0.15, 0.2) is 0 Å². The van der Waals surface area contributed by atoms with E-state index in [1.165, 1.54) is 0 Å². The summed E-state index contributed by atoms with van der Waals surface area (Å²) in [6.07, 6.45) is -1.05. The molecule has 0 aromatic heterocycles. The average Bonchev–Trinajstić information content (AvgIpc) is 2.92. The van der Waals surface area contributed by atoms with Crippen LogP contribution in [0, 0.1) is 11.8 Å². The van der Waals surface area contributed by atoms with Crippen molar-refractivity contribution in [3.05, 3.63) is 0 Å². The molecular formula is C13H20F3NO3S. The first-order valence-electron chi connectivity index (χ1n) is 7.34. The van der Waals surface area contributed by atoms with Gasteiger partial charge in [0.25, 0.3) is 0 Å². The van der Waals surface area contributed by atoms with Crippen LogP contribution in [0.3, 0.4) is 0 Å². The summed E-state index contributed by atoms with van der Waals surface area (Å²) in [5.41, 5.74) is 0. The lowest BCUT2D eigenvalue weighted by atomic mass is 9.78. The van der Waals surface area contributed by atoms with Crippen molar-refractivity contribution in [2.45, 2.75) is 62.8 Å². The lowest BCUT2D eigenvalue weighted by molar-refractivity contribution is -0.197. The van der Waals surface area contributed by atoms with Crippen molar-refractivity contribution in [3.63, 3.8) is 0 Å². The third-order valence-electron chi connectivity index (χ3n) is 4.51. The van der Waals surface area contributed by atoms with Gasteiger partial charge in [-0.25, -0.2) is 8.42 Å². The largest absolute Gasteiger partial charge is 0.392 e. The minimum Gasteiger partial charge on any atom is -0.274 e. The van der Waals surface area contributed by atoms with Crippen molar-refractivity contribution in [1.82, 2.24) is 4.72 Å². The first kappa shape index (κ1) is 16.6. The van der Waals surface area contributed by atoms with E-state index in [0.717, 1.165) is 12.8 Å². The highest BCUT2D eigenvalue weighted by molar-refractivity contribution is 7.90. The number of carbonyl (C=O) groups is 1. The zero-order chi connectivity index (χ0) is 15.7. The number of hydrogen-bond acceptors (Lipinski definition) is 3. The Morgan fingerprint density at radius 3 is 2.05 bits per heavy atom. The molecular weight excluding hydrogens is 307 g/mol. The second-order valence-electron chi connectivity index (χ2n) is 5.96. The summed E-state index contributed by atoms with van der Waals surface area (Å²) < 4.78 is 64.8. The second kappa shape index (κ2) is 6.14. The monoisotopic (exact) mass is 327 g/mol. The summed E-state index contributed by atoms with van der Waals surface area (Å²) in [5.74, 6) is -4.00. The highest BCUT2D eigenvalue weighted by Crippen LogP contribution is 2.41. The van der Waals surface area contributed by atoms with Crippen LogP contribution in [0.1, 0.15) is 51.4 Å². The molecule has 2 aliphatic carbocycles. The van der Waals surface area contributed by atoms with Crippen LogP contribution in [-0.2, 0) is 14.8 Å². The minimum atomic E-state index is -4.46. The van der Waals surface area contributed by atoms with Crippen molar-refractivity contribution in [3.8, 4) is 0 Å². The highest BCUT2D eigenvalue weighted by atomic mass is 32.2. The number of nitrogens with one attached hydrogen (secondary N) is 1. The number of sulfonamides is 1. The molecule has 0 spiro atoms. The van der Waals surface area contributed by atoms with Crippen LogP contribution in [-0.4, -0.2) is 25.8 Å². The Hall–Kier alpha value is -0.790. The zero-order valence-corrected chi connectivity index (χ0v) is 12.5. The molecule has 2 rings (SSSR count). The van der Waals surface area contributed by atoms with Gasteiger partial charge in [-0.3, -0.25) is 9.52 Å². The Morgan fingerprint density at radius 1 is 0.952 bits per heavy atom. The molecule has 2 saturated carbocycles. The van der Waals surface area contributed by atoms with Gasteiger partial charge < -0.3 is 0 Å². The molecule has 0 aliphatic heterocycles. The van der Waals surface area contributed by atoms with Crippen LogP contribution < -0.4 is 4.72 Å². The molecule has 0 bridgehead atoms. The predicted octanol–water partition coefficient (Wildman–Crippen LogP) is 2.74. The molecule has 21 heavy (non-hydrogen) atoms. The Balaban J connectivity index is 2.07. The molecule has 2 fully saturated rings. The lowest BCUT2D eigenvalue weighted by Crippen LogP contribution is -2.46. The smallest absolute Gasteiger partial charge is 0.274 e. The van der Waals surface area contributed by atoms with Crippen LogP contribution in [0.4, 0.5) is 13.2 Å². The predicted molar refractivity (Wildman–Crippen MR) is 70.8 cm³/mol. The molecule has 122 valence electrons. The molecule has 1 N–H and O–H groups in total. The molecule has 4 nitrogen and oxygen atoms in total. The van der Waals surface area contributed by atoms with Gasteiger partial charge in [0, 0.05) is 0 Å². The van der Waals surface area contributed by atoms with Crippen LogP contribution in [0.5, 0.6) is 0 Å². The lowest BCUT2D eigenvalue weighted by Gasteiger charge is -2.32. The van der Waals surface area contributed by atoms with E-state index in [1.807, 2.05) is 4.72 Å². The number of alkyl halides is 3. The third kappa shape index (κ3) is 3.90. The van der Waals surface area contributed by atoms with Crippen LogP contribution >= 0.6 is 0 Å². The van der Waals surface area contributed by atoms with Crippen molar-refractivity contribution in [2.24, 2.45) is 11.8 Å². The minimum absolute atomic E-state index is 0.0934. The number of hydrogen-bond donors (Lipinski definition) is 1. The van der Waals surface area contributed by atoms with E-state index in [0.29, 0.717) is 25.7 Å². The van der Waals surface area contributed by atoms with Gasteiger partial charge in [0.15, 0.2) is 0 Å². The fraction of sp³-hybridized carbons (Fsp3) is 0.923. The summed E-state index contributed by atoms with van der Waals surface area (Å²) in [5, 5.41) is -0.644. The normalized spacial score (nSPS) is 28.5. The Kier molecular flexibility index (Phi) is 4.85. The maximum Gasteiger partial charge on any atom is 0.392 e. The molecule has 0 unspecified atom stereocenters. The fourth-order valence-electron chi connectivity index (χ4n) is 3.33. The summed E-state index contributed by atoms with van der Waals surface area (Å²) in [7, 11) is -3.84. The molecule has 0 aromatic rings. The number of amides is 1. The van der Waals surface area contributed by atoms with E-state index in [9.17, 15) is 26.4 Å². The Bertz CT molecular complexity index is 483. The van der Waals surface area contributed by atoms with Gasteiger partial charge in [-0.15, -0.1) is 0 Å². The average molecular weight is 327 g/mol. The summed E-state index contributed by atoms with van der Waals surface area (Å²) >= 11 is 0. The Labute approximate surface area is 122 Å². The molecule has 0 heterocycles. The quantitative estimate of drug-likeness (QED) is 0.867. The van der Waals surface area contributed by atoms with Gasteiger partial charge >= 0.3 is 6.18 Å². The van der Waals surface area contributed by atoms with E-state index in [-0.39, 0.29) is 12.8 Å². The molecule has 2 aliphatic rings. The summed E-state index contributed by atoms with van der Waals surface area (Å²) in [6.45, 7) is 0. The zero-order valence-electron chi connectivity index (χ0n) is 11.7. The second-order valence-corrected chi connectivity index (χ2v) is 7.92. The highest BCUT2D eigenvalue weighted by Gasteiger charge is 2.48. The van der Waals surface area contributed by atoms with Crippen molar-refractivity contribution in [1.29, 1.82) is 0 Å². The summed E-state index contributed by atoms with van der Waals surface area (Å²) in [6, 6.07) is 0. The molecule has 2 atom stereocenters. The SMILES string of the molecule is O=C(NS(=O)(=O)C1CCCC1)[C@@H]1CCCC[C@H]1C(F)(F)F. The molecule has 0 aromatic carbocycles. The molecule has 8 heteroatoms.